The molecule has 124 valence electrons. The molecule has 2 unspecified atom stereocenters. The lowest BCUT2D eigenvalue weighted by Gasteiger charge is -2.59. The number of nitrogens with one attached hydrogen (secondary N) is 1. The Kier molecular flexibility index (Phi) is 3.07. The van der Waals surface area contributed by atoms with Crippen LogP contribution in [0.4, 0.5) is 0 Å². The number of imidazole rings is 1. The van der Waals surface area contributed by atoms with Crippen LogP contribution in [0.15, 0.2) is 6.33 Å². The molecule has 23 heavy (non-hydrogen) atoms. The Balaban J connectivity index is 1.61. The first-order valence-electron chi connectivity index (χ1n) is 8.06. The molecule has 0 radical (unpaired) electrons. The Bertz CT molecular complexity index is 654. The van der Waals surface area contributed by atoms with Gasteiger partial charge in [-0.1, -0.05) is 0 Å². The highest BCUT2D eigenvalue weighted by Gasteiger charge is 2.61. The minimum Gasteiger partial charge on any atom is -0.404 e. The molecular weight excluding hydrogens is 298 g/mol. The average molecular weight is 319 g/mol. The van der Waals surface area contributed by atoms with Crippen LogP contribution >= 0.6 is 0 Å². The maximum atomic E-state index is 12.9. The van der Waals surface area contributed by atoms with Gasteiger partial charge in [-0.15, -0.1) is 0 Å². The molecule has 0 aromatic carbocycles. The Labute approximate surface area is 133 Å². The third-order valence-corrected chi connectivity index (χ3v) is 5.91. The van der Waals surface area contributed by atoms with Crippen LogP contribution < -0.4 is 10.5 Å². The van der Waals surface area contributed by atoms with Crippen LogP contribution in [-0.2, 0) is 9.53 Å². The Morgan fingerprint density at radius 1 is 1.30 bits per heavy atom. The number of hydrogen-bond acceptors (Lipinski definition) is 5. The van der Waals surface area contributed by atoms with E-state index in [0.29, 0.717) is 18.3 Å². The van der Waals surface area contributed by atoms with Gasteiger partial charge >= 0.3 is 5.97 Å². The number of rotatable bonds is 4. The molecule has 4 aliphatic carbocycles. The fraction of sp³-hybridized carbons (Fsp3) is 0.688. The zero-order valence-electron chi connectivity index (χ0n) is 13.1. The highest BCUT2D eigenvalue weighted by atomic mass is 16.5. The van der Waals surface area contributed by atoms with E-state index < -0.39 is 11.3 Å². The molecule has 4 saturated carbocycles. The minimum atomic E-state index is -0.691. The second kappa shape index (κ2) is 4.80. The number of amides is 1. The number of aromatic amines is 1. The van der Waals surface area contributed by atoms with Crippen molar-refractivity contribution >= 4 is 11.9 Å². The zero-order valence-corrected chi connectivity index (χ0v) is 13.1. The molecular formula is C16H21N3O4. The lowest BCUT2D eigenvalue weighted by Crippen LogP contribution is -2.59. The summed E-state index contributed by atoms with van der Waals surface area (Å²) in [4.78, 5) is 30.8. The van der Waals surface area contributed by atoms with Gasteiger partial charge in [0.1, 0.15) is 0 Å². The molecule has 4 bridgehead atoms. The first-order valence-corrected chi connectivity index (χ1v) is 8.06. The zero-order chi connectivity index (χ0) is 16.2. The number of nitrogens with two attached hydrogens (primary N) is 1. The summed E-state index contributed by atoms with van der Waals surface area (Å²) in [5, 5.41) is 0. The number of H-pyrrole nitrogens is 1. The van der Waals surface area contributed by atoms with Crippen molar-refractivity contribution in [3.05, 3.63) is 12.0 Å². The number of ether oxygens (including phenoxy) is 2. The van der Waals surface area contributed by atoms with Crippen molar-refractivity contribution < 1.29 is 19.1 Å². The lowest BCUT2D eigenvalue weighted by molar-refractivity contribution is -0.197. The molecule has 0 aliphatic heterocycles. The topological polar surface area (TPSA) is 107 Å². The molecule has 7 nitrogen and oxygen atoms in total. The predicted octanol–water partition coefficient (Wildman–Crippen LogP) is 1.40. The third-order valence-electron chi connectivity index (χ3n) is 5.91. The monoisotopic (exact) mass is 319 g/mol. The van der Waals surface area contributed by atoms with Gasteiger partial charge in [-0.3, -0.25) is 9.59 Å². The molecule has 5 rings (SSSR count). The number of aromatic nitrogens is 2. The summed E-state index contributed by atoms with van der Waals surface area (Å²) in [5.74, 6) is 0.00796. The number of nitrogens with zero attached hydrogens (tertiary/aromatic N) is 1. The molecule has 1 aromatic heterocycles. The summed E-state index contributed by atoms with van der Waals surface area (Å²) in [7, 11) is 1.74. The number of esters is 1. The lowest BCUT2D eigenvalue weighted by atomic mass is 9.48. The van der Waals surface area contributed by atoms with Gasteiger partial charge in [0.25, 0.3) is 11.8 Å². The number of hydrogen-bond donors (Lipinski definition) is 2. The van der Waals surface area contributed by atoms with Gasteiger partial charge in [0.15, 0.2) is 5.69 Å². The fourth-order valence-electron chi connectivity index (χ4n) is 5.39. The van der Waals surface area contributed by atoms with Gasteiger partial charge in [0.2, 0.25) is 0 Å². The van der Waals surface area contributed by atoms with E-state index in [1.807, 2.05) is 0 Å². The normalized spacial score (nSPS) is 37.8. The fourth-order valence-corrected chi connectivity index (χ4v) is 5.39. The molecule has 1 aromatic rings. The van der Waals surface area contributed by atoms with Crippen LogP contribution in [0.3, 0.4) is 0 Å². The van der Waals surface area contributed by atoms with Gasteiger partial charge in [0, 0.05) is 7.11 Å². The summed E-state index contributed by atoms with van der Waals surface area (Å²) < 4.78 is 11.3. The number of methoxy groups -OCH3 is 1. The van der Waals surface area contributed by atoms with Gasteiger partial charge in [-0.25, -0.2) is 4.98 Å². The quantitative estimate of drug-likeness (QED) is 0.816. The third kappa shape index (κ3) is 2.17. The molecule has 4 fully saturated rings. The maximum Gasteiger partial charge on any atom is 0.319 e. The highest BCUT2D eigenvalue weighted by molar-refractivity contribution is 5.94. The highest BCUT2D eigenvalue weighted by Crippen LogP contribution is 2.62. The van der Waals surface area contributed by atoms with E-state index >= 15 is 0 Å². The summed E-state index contributed by atoms with van der Waals surface area (Å²) in [6, 6.07) is 0. The van der Waals surface area contributed by atoms with Crippen LogP contribution in [0.5, 0.6) is 5.88 Å². The number of carbonyl (C=O) groups excluding carboxylic acids is 2. The second-order valence-electron chi connectivity index (χ2n) is 7.46. The first kappa shape index (κ1) is 14.7. The minimum absolute atomic E-state index is 0.0234. The standard InChI is InChI=1S/C16H21N3O4/c1-22-16-5-9-2-10(6-16)4-15(3-9,7-16)14(21)23-13-11(12(17)20)18-8-19-13/h8-10H,2-7H2,1H3,(H2,17,20)(H,18,19). The van der Waals surface area contributed by atoms with E-state index in [9.17, 15) is 9.59 Å². The molecule has 0 spiro atoms. The van der Waals surface area contributed by atoms with Crippen molar-refractivity contribution in [3.63, 3.8) is 0 Å². The first-order chi connectivity index (χ1) is 11.0. The molecule has 2 atom stereocenters. The summed E-state index contributed by atoms with van der Waals surface area (Å²) in [5.41, 5.74) is 4.58. The van der Waals surface area contributed by atoms with E-state index in [2.05, 4.69) is 9.97 Å². The Hall–Kier alpha value is -1.89. The van der Waals surface area contributed by atoms with Crippen molar-refractivity contribution in [3.8, 4) is 5.88 Å². The van der Waals surface area contributed by atoms with Crippen LogP contribution in [-0.4, -0.2) is 34.6 Å². The van der Waals surface area contributed by atoms with Crippen molar-refractivity contribution in [1.82, 2.24) is 9.97 Å². The smallest absolute Gasteiger partial charge is 0.319 e. The molecule has 1 heterocycles. The van der Waals surface area contributed by atoms with Gasteiger partial charge in [-0.2, -0.15) is 0 Å². The maximum absolute atomic E-state index is 12.9. The van der Waals surface area contributed by atoms with Gasteiger partial charge < -0.3 is 20.2 Å². The largest absolute Gasteiger partial charge is 0.404 e. The van der Waals surface area contributed by atoms with Crippen LogP contribution in [0.2, 0.25) is 0 Å². The average Bonchev–Trinajstić information content (AvgIpc) is 2.94. The van der Waals surface area contributed by atoms with E-state index in [4.69, 9.17) is 15.2 Å². The SMILES string of the molecule is COC12CC3CC(C1)CC(C(=O)Oc1nc[nH]c1C(N)=O)(C3)C2. The van der Waals surface area contributed by atoms with Crippen LogP contribution in [0.1, 0.15) is 49.0 Å². The van der Waals surface area contributed by atoms with E-state index in [1.54, 1.807) is 7.11 Å². The summed E-state index contributed by atoms with van der Waals surface area (Å²) >= 11 is 0. The summed E-state index contributed by atoms with van der Waals surface area (Å²) in [6.07, 6.45) is 6.91. The van der Waals surface area contributed by atoms with Crippen molar-refractivity contribution in [2.24, 2.45) is 23.0 Å². The molecule has 0 saturated heterocycles. The van der Waals surface area contributed by atoms with Crippen LogP contribution in [0, 0.1) is 17.3 Å². The Morgan fingerprint density at radius 3 is 2.61 bits per heavy atom. The van der Waals surface area contributed by atoms with Crippen molar-refractivity contribution in [1.29, 1.82) is 0 Å². The van der Waals surface area contributed by atoms with E-state index in [0.717, 1.165) is 25.7 Å². The van der Waals surface area contributed by atoms with Gasteiger partial charge in [-0.05, 0) is 50.4 Å². The predicted molar refractivity (Wildman–Crippen MR) is 79.6 cm³/mol. The van der Waals surface area contributed by atoms with Crippen molar-refractivity contribution in [2.45, 2.75) is 44.1 Å². The Morgan fingerprint density at radius 2 is 2.00 bits per heavy atom. The van der Waals surface area contributed by atoms with Crippen LogP contribution in [0.25, 0.3) is 0 Å². The van der Waals surface area contributed by atoms with E-state index in [1.165, 1.54) is 12.7 Å². The second-order valence-corrected chi connectivity index (χ2v) is 7.46. The number of carbonyl (C=O) groups is 2. The number of primary amides is 1. The van der Waals surface area contributed by atoms with Crippen molar-refractivity contribution in [2.75, 3.05) is 7.11 Å². The molecule has 4 aliphatic rings. The molecule has 7 heteroatoms. The molecule has 1 amide bonds. The van der Waals surface area contributed by atoms with Gasteiger partial charge in [0.05, 0.1) is 17.3 Å². The van der Waals surface area contributed by atoms with E-state index in [-0.39, 0.29) is 23.1 Å². The summed E-state index contributed by atoms with van der Waals surface area (Å²) in [6.45, 7) is 0. The molecule has 3 N–H and O–H groups in total.